The van der Waals surface area contributed by atoms with Crippen molar-refractivity contribution in [1.82, 2.24) is 4.90 Å². The fourth-order valence-electron chi connectivity index (χ4n) is 2.31. The second-order valence-electron chi connectivity index (χ2n) is 4.76. The number of hydrogen-bond donors (Lipinski definition) is 0. The lowest BCUT2D eigenvalue weighted by atomic mass is 10.1. The molecule has 20 heavy (non-hydrogen) atoms. The molecule has 0 radical (unpaired) electrons. The number of rotatable bonds is 6. The summed E-state index contributed by atoms with van der Waals surface area (Å²) in [7, 11) is 5.74. The number of para-hydroxylation sites is 2. The quantitative estimate of drug-likeness (QED) is 0.752. The van der Waals surface area contributed by atoms with Gasteiger partial charge in [0.15, 0.2) is 17.2 Å². The second kappa shape index (κ2) is 6.29. The Morgan fingerprint density at radius 1 is 1.10 bits per heavy atom. The maximum Gasteiger partial charge on any atom is 0.198 e. The van der Waals surface area contributed by atoms with Crippen molar-refractivity contribution in [3.63, 3.8) is 0 Å². The van der Waals surface area contributed by atoms with Gasteiger partial charge in [-0.15, -0.1) is 11.3 Å². The molecule has 0 saturated carbocycles. The standard InChI is InChI=1S/C16H21NO2S/c1-5-16(17(2)3,15-11-8-12-20-15)19-14-10-7-6-9-13(14)18-4/h6-12H,5H2,1-4H3. The predicted molar refractivity (Wildman–Crippen MR) is 83.6 cm³/mol. The number of nitrogens with zero attached hydrogens (tertiary/aromatic N) is 1. The Morgan fingerprint density at radius 3 is 2.30 bits per heavy atom. The molecule has 0 N–H and O–H groups in total. The third-order valence-corrected chi connectivity index (χ3v) is 4.46. The smallest absolute Gasteiger partial charge is 0.198 e. The zero-order valence-electron chi connectivity index (χ0n) is 12.4. The highest BCUT2D eigenvalue weighted by Gasteiger charge is 2.37. The molecular weight excluding hydrogens is 270 g/mol. The Bertz CT molecular complexity index is 539. The Morgan fingerprint density at radius 2 is 1.80 bits per heavy atom. The summed E-state index contributed by atoms with van der Waals surface area (Å²) in [4.78, 5) is 3.31. The first-order chi connectivity index (χ1) is 9.64. The first-order valence-electron chi connectivity index (χ1n) is 6.67. The Kier molecular flexibility index (Phi) is 4.68. The number of hydrogen-bond acceptors (Lipinski definition) is 4. The molecule has 0 saturated heterocycles. The van der Waals surface area contributed by atoms with E-state index in [4.69, 9.17) is 9.47 Å². The van der Waals surface area contributed by atoms with Gasteiger partial charge in [-0.05, 0) is 37.7 Å². The average Bonchev–Trinajstić information content (AvgIpc) is 2.99. The van der Waals surface area contributed by atoms with Gasteiger partial charge in [0.25, 0.3) is 0 Å². The lowest BCUT2D eigenvalue weighted by Gasteiger charge is -2.38. The van der Waals surface area contributed by atoms with Crippen LogP contribution in [0.4, 0.5) is 0 Å². The molecule has 0 aliphatic carbocycles. The van der Waals surface area contributed by atoms with E-state index in [-0.39, 0.29) is 0 Å². The van der Waals surface area contributed by atoms with Crippen molar-refractivity contribution in [2.45, 2.75) is 19.1 Å². The lowest BCUT2D eigenvalue weighted by Crippen LogP contribution is -2.45. The molecule has 1 heterocycles. The van der Waals surface area contributed by atoms with Crippen molar-refractivity contribution in [1.29, 1.82) is 0 Å². The molecule has 1 aromatic heterocycles. The number of methoxy groups -OCH3 is 1. The second-order valence-corrected chi connectivity index (χ2v) is 5.71. The molecule has 108 valence electrons. The van der Waals surface area contributed by atoms with Gasteiger partial charge in [0.2, 0.25) is 0 Å². The van der Waals surface area contributed by atoms with Gasteiger partial charge in [-0.1, -0.05) is 25.1 Å². The number of benzene rings is 1. The molecular formula is C16H21NO2S. The van der Waals surface area contributed by atoms with Gasteiger partial charge >= 0.3 is 0 Å². The zero-order valence-corrected chi connectivity index (χ0v) is 13.2. The van der Waals surface area contributed by atoms with Crippen molar-refractivity contribution in [3.05, 3.63) is 46.7 Å². The van der Waals surface area contributed by atoms with Crippen LogP contribution in [0.2, 0.25) is 0 Å². The molecule has 0 aliphatic heterocycles. The highest BCUT2D eigenvalue weighted by Crippen LogP contribution is 2.39. The van der Waals surface area contributed by atoms with Crippen molar-refractivity contribution < 1.29 is 9.47 Å². The van der Waals surface area contributed by atoms with Gasteiger partial charge in [-0.25, -0.2) is 0 Å². The Balaban J connectivity index is 2.43. The van der Waals surface area contributed by atoms with Crippen LogP contribution in [0.3, 0.4) is 0 Å². The van der Waals surface area contributed by atoms with E-state index in [2.05, 4.69) is 29.3 Å². The molecule has 0 amide bonds. The third-order valence-electron chi connectivity index (χ3n) is 3.46. The molecule has 2 aromatic rings. The van der Waals surface area contributed by atoms with E-state index in [1.54, 1.807) is 18.4 Å². The van der Waals surface area contributed by atoms with Gasteiger partial charge in [0.1, 0.15) is 0 Å². The summed E-state index contributed by atoms with van der Waals surface area (Å²) in [5.74, 6) is 1.52. The summed E-state index contributed by atoms with van der Waals surface area (Å²) in [5, 5.41) is 2.08. The summed E-state index contributed by atoms with van der Waals surface area (Å²) in [6.07, 6.45) is 0.846. The molecule has 0 fully saturated rings. The van der Waals surface area contributed by atoms with Crippen LogP contribution in [0.15, 0.2) is 41.8 Å². The van der Waals surface area contributed by atoms with E-state index < -0.39 is 5.72 Å². The molecule has 0 bridgehead atoms. The average molecular weight is 291 g/mol. The van der Waals surface area contributed by atoms with E-state index in [9.17, 15) is 0 Å². The summed E-state index contributed by atoms with van der Waals surface area (Å²) >= 11 is 1.71. The minimum Gasteiger partial charge on any atom is -0.493 e. The van der Waals surface area contributed by atoms with Crippen LogP contribution in [0.1, 0.15) is 18.2 Å². The third kappa shape index (κ3) is 2.67. The topological polar surface area (TPSA) is 21.7 Å². The molecule has 1 atom stereocenters. The molecule has 4 heteroatoms. The van der Waals surface area contributed by atoms with Crippen LogP contribution in [0, 0.1) is 0 Å². The zero-order chi connectivity index (χ0) is 14.6. The van der Waals surface area contributed by atoms with Crippen molar-refractivity contribution in [3.8, 4) is 11.5 Å². The summed E-state index contributed by atoms with van der Waals surface area (Å²) < 4.78 is 11.8. The normalized spacial score (nSPS) is 14.1. The maximum atomic E-state index is 6.39. The van der Waals surface area contributed by atoms with Gasteiger partial charge in [-0.2, -0.15) is 0 Å². The minimum absolute atomic E-state index is 0.469. The molecule has 0 spiro atoms. The van der Waals surface area contributed by atoms with E-state index in [0.29, 0.717) is 0 Å². The van der Waals surface area contributed by atoms with Crippen molar-refractivity contribution >= 4 is 11.3 Å². The van der Waals surface area contributed by atoms with Gasteiger partial charge in [0, 0.05) is 6.42 Å². The summed E-state index contributed by atoms with van der Waals surface area (Å²) in [5.41, 5.74) is -0.469. The monoisotopic (exact) mass is 291 g/mol. The first kappa shape index (κ1) is 14.9. The maximum absolute atomic E-state index is 6.39. The van der Waals surface area contributed by atoms with E-state index in [1.165, 1.54) is 4.88 Å². The summed E-state index contributed by atoms with van der Waals surface area (Å²) in [6.45, 7) is 2.13. The predicted octanol–water partition coefficient (Wildman–Crippen LogP) is 3.96. The SMILES string of the molecule is CCC(Oc1ccccc1OC)(c1cccs1)N(C)C. The highest BCUT2D eigenvalue weighted by atomic mass is 32.1. The largest absolute Gasteiger partial charge is 0.493 e. The van der Waals surface area contributed by atoms with Crippen LogP contribution in [-0.2, 0) is 5.72 Å². The van der Waals surface area contributed by atoms with E-state index in [1.807, 2.05) is 38.4 Å². The number of thiophene rings is 1. The molecule has 1 unspecified atom stereocenters. The fraction of sp³-hybridized carbons (Fsp3) is 0.375. The van der Waals surface area contributed by atoms with Crippen LogP contribution in [-0.4, -0.2) is 26.1 Å². The van der Waals surface area contributed by atoms with Crippen LogP contribution in [0.5, 0.6) is 11.5 Å². The van der Waals surface area contributed by atoms with Crippen molar-refractivity contribution in [2.75, 3.05) is 21.2 Å². The minimum atomic E-state index is -0.469. The Labute approximate surface area is 124 Å². The molecule has 3 nitrogen and oxygen atoms in total. The molecule has 1 aromatic carbocycles. The van der Waals surface area contributed by atoms with Crippen LogP contribution < -0.4 is 9.47 Å². The van der Waals surface area contributed by atoms with Crippen LogP contribution in [0.25, 0.3) is 0 Å². The lowest BCUT2D eigenvalue weighted by molar-refractivity contribution is -0.0656. The number of ether oxygens (including phenoxy) is 2. The van der Waals surface area contributed by atoms with Crippen LogP contribution >= 0.6 is 11.3 Å². The van der Waals surface area contributed by atoms with E-state index >= 15 is 0 Å². The van der Waals surface area contributed by atoms with Gasteiger partial charge < -0.3 is 9.47 Å². The summed E-state index contributed by atoms with van der Waals surface area (Å²) in [6, 6.07) is 11.9. The van der Waals surface area contributed by atoms with Gasteiger partial charge in [0.05, 0.1) is 12.0 Å². The van der Waals surface area contributed by atoms with E-state index in [0.717, 1.165) is 17.9 Å². The molecule has 0 aliphatic rings. The first-order valence-corrected chi connectivity index (χ1v) is 7.55. The Hall–Kier alpha value is -1.52. The highest BCUT2D eigenvalue weighted by molar-refractivity contribution is 7.10. The van der Waals surface area contributed by atoms with Crippen molar-refractivity contribution in [2.24, 2.45) is 0 Å². The molecule has 2 rings (SSSR count). The fourth-order valence-corrected chi connectivity index (χ4v) is 3.32. The van der Waals surface area contributed by atoms with Gasteiger partial charge in [-0.3, -0.25) is 4.90 Å².